The maximum Gasteiger partial charge on any atom is 0.408 e. The number of nitrogen functional groups attached to an aromatic ring is 1. The molecule has 2 aliphatic rings. The molecule has 2 atom stereocenters. The molecule has 1 heterocycles. The zero-order chi connectivity index (χ0) is 15.4. The SMILES string of the molecule is Nc1cc(F)c(Br)cc1NC(=O)[C@]12C[C@H]1CCN2C(=O)O. The average Bonchev–Trinajstić information content (AvgIpc) is 3.01. The number of nitrogens with zero attached hydrogens (tertiary/aromatic N) is 1. The fourth-order valence-corrected chi connectivity index (χ4v) is 3.38. The topological polar surface area (TPSA) is 95.7 Å². The molecule has 1 aliphatic heterocycles. The Balaban J connectivity index is 1.85. The van der Waals surface area contributed by atoms with Crippen molar-refractivity contribution >= 4 is 39.3 Å². The van der Waals surface area contributed by atoms with Gasteiger partial charge in [-0.25, -0.2) is 9.18 Å². The summed E-state index contributed by atoms with van der Waals surface area (Å²) >= 11 is 3.03. The Labute approximate surface area is 128 Å². The molecule has 112 valence electrons. The van der Waals surface area contributed by atoms with Gasteiger partial charge in [-0.3, -0.25) is 9.69 Å². The number of nitrogens with two attached hydrogens (primary N) is 1. The number of carboxylic acid groups (broad SMARTS) is 1. The van der Waals surface area contributed by atoms with E-state index in [1.807, 2.05) is 0 Å². The minimum atomic E-state index is -1.10. The molecule has 4 N–H and O–H groups in total. The molecule has 0 aromatic heterocycles. The Morgan fingerprint density at radius 2 is 2.24 bits per heavy atom. The summed E-state index contributed by atoms with van der Waals surface area (Å²) in [7, 11) is 0. The Bertz CT molecular complexity index is 654. The first-order valence-electron chi connectivity index (χ1n) is 6.43. The summed E-state index contributed by atoms with van der Waals surface area (Å²) in [6, 6.07) is 2.47. The second kappa shape index (κ2) is 4.59. The number of fused-ring (bicyclic) bond motifs is 1. The molecule has 0 unspecified atom stereocenters. The highest BCUT2D eigenvalue weighted by molar-refractivity contribution is 9.10. The van der Waals surface area contributed by atoms with Crippen LogP contribution in [0.15, 0.2) is 16.6 Å². The molecule has 2 fully saturated rings. The van der Waals surface area contributed by atoms with E-state index in [4.69, 9.17) is 5.73 Å². The van der Waals surface area contributed by atoms with Gasteiger partial charge in [0.15, 0.2) is 0 Å². The fourth-order valence-electron chi connectivity index (χ4n) is 3.04. The third kappa shape index (κ3) is 2.05. The van der Waals surface area contributed by atoms with E-state index in [0.717, 1.165) is 6.07 Å². The van der Waals surface area contributed by atoms with E-state index < -0.39 is 23.4 Å². The number of benzene rings is 1. The Morgan fingerprint density at radius 1 is 1.52 bits per heavy atom. The molecule has 0 spiro atoms. The molecular formula is C13H13BrFN3O3. The van der Waals surface area contributed by atoms with E-state index >= 15 is 0 Å². The summed E-state index contributed by atoms with van der Waals surface area (Å²) < 4.78 is 13.5. The maximum atomic E-state index is 13.3. The smallest absolute Gasteiger partial charge is 0.408 e. The number of amides is 2. The lowest BCUT2D eigenvalue weighted by Crippen LogP contribution is -2.47. The minimum Gasteiger partial charge on any atom is -0.465 e. The number of hydrogen-bond acceptors (Lipinski definition) is 3. The van der Waals surface area contributed by atoms with Gasteiger partial charge in [-0.2, -0.15) is 0 Å². The van der Waals surface area contributed by atoms with Gasteiger partial charge in [-0.15, -0.1) is 0 Å². The standard InChI is InChI=1S/C13H13BrFN3O3/c14-7-3-10(9(16)4-8(7)15)17-11(19)13-5-6(13)1-2-18(13)12(20)21/h3-4,6H,1-2,5,16H2,(H,17,19)(H,20,21)/t6-,13+/m1/s1. The molecule has 6 nitrogen and oxygen atoms in total. The van der Waals surface area contributed by atoms with E-state index in [9.17, 15) is 19.1 Å². The molecule has 0 bridgehead atoms. The Hall–Kier alpha value is -1.83. The molecule has 2 amide bonds. The highest BCUT2D eigenvalue weighted by Crippen LogP contribution is 2.56. The quantitative estimate of drug-likeness (QED) is 0.707. The van der Waals surface area contributed by atoms with Gasteiger partial charge in [-0.05, 0) is 40.8 Å². The van der Waals surface area contributed by atoms with Gasteiger partial charge in [-0.1, -0.05) is 0 Å². The van der Waals surface area contributed by atoms with Crippen molar-refractivity contribution in [2.75, 3.05) is 17.6 Å². The molecule has 1 aromatic carbocycles. The van der Waals surface area contributed by atoms with Gasteiger partial charge < -0.3 is 16.2 Å². The van der Waals surface area contributed by atoms with Crippen LogP contribution >= 0.6 is 15.9 Å². The van der Waals surface area contributed by atoms with Gasteiger partial charge in [0.25, 0.3) is 5.91 Å². The predicted molar refractivity (Wildman–Crippen MR) is 77.3 cm³/mol. The Morgan fingerprint density at radius 3 is 2.86 bits per heavy atom. The van der Waals surface area contributed by atoms with Crippen molar-refractivity contribution in [1.29, 1.82) is 0 Å². The molecular weight excluding hydrogens is 345 g/mol. The third-order valence-electron chi connectivity index (χ3n) is 4.22. The summed E-state index contributed by atoms with van der Waals surface area (Å²) in [5, 5.41) is 11.8. The van der Waals surface area contributed by atoms with Crippen molar-refractivity contribution in [1.82, 2.24) is 4.90 Å². The van der Waals surface area contributed by atoms with E-state index in [-0.39, 0.29) is 21.8 Å². The number of nitrogens with one attached hydrogen (secondary N) is 1. The molecule has 3 rings (SSSR count). The van der Waals surface area contributed by atoms with Crippen LogP contribution in [-0.2, 0) is 4.79 Å². The summed E-state index contributed by atoms with van der Waals surface area (Å²) in [4.78, 5) is 24.9. The van der Waals surface area contributed by atoms with E-state index in [2.05, 4.69) is 21.2 Å². The van der Waals surface area contributed by atoms with Crippen molar-refractivity contribution in [3.63, 3.8) is 0 Å². The summed E-state index contributed by atoms with van der Waals surface area (Å²) in [5.41, 5.74) is 5.06. The first kappa shape index (κ1) is 14.1. The number of halogens is 2. The third-order valence-corrected chi connectivity index (χ3v) is 4.83. The zero-order valence-electron chi connectivity index (χ0n) is 10.9. The van der Waals surface area contributed by atoms with Gasteiger partial charge in [0.1, 0.15) is 11.4 Å². The number of hydrogen-bond donors (Lipinski definition) is 3. The first-order valence-corrected chi connectivity index (χ1v) is 7.22. The van der Waals surface area contributed by atoms with Crippen LogP contribution in [0.25, 0.3) is 0 Å². The van der Waals surface area contributed by atoms with Crippen LogP contribution < -0.4 is 11.1 Å². The van der Waals surface area contributed by atoms with Crippen LogP contribution in [0.5, 0.6) is 0 Å². The van der Waals surface area contributed by atoms with Crippen LogP contribution in [0.1, 0.15) is 12.8 Å². The van der Waals surface area contributed by atoms with E-state index in [0.29, 0.717) is 19.4 Å². The minimum absolute atomic E-state index is 0.0544. The van der Waals surface area contributed by atoms with Crippen LogP contribution in [-0.4, -0.2) is 34.1 Å². The maximum absolute atomic E-state index is 13.3. The predicted octanol–water partition coefficient (Wildman–Crippen LogP) is 2.25. The van der Waals surface area contributed by atoms with Gasteiger partial charge in [0, 0.05) is 12.6 Å². The molecule has 8 heteroatoms. The molecule has 0 radical (unpaired) electrons. The molecule has 1 aromatic rings. The highest BCUT2D eigenvalue weighted by atomic mass is 79.9. The highest BCUT2D eigenvalue weighted by Gasteiger charge is 2.68. The fraction of sp³-hybridized carbons (Fsp3) is 0.385. The van der Waals surface area contributed by atoms with Crippen molar-refractivity contribution in [2.24, 2.45) is 5.92 Å². The summed E-state index contributed by atoms with van der Waals surface area (Å²) in [6.07, 6.45) is 0.105. The number of carbonyl (C=O) groups excluding carboxylic acids is 1. The Kier molecular flexibility index (Phi) is 3.09. The van der Waals surface area contributed by atoms with E-state index in [1.165, 1.54) is 11.0 Å². The van der Waals surface area contributed by atoms with Gasteiger partial charge in [0.2, 0.25) is 0 Å². The van der Waals surface area contributed by atoms with Gasteiger partial charge in [0.05, 0.1) is 15.8 Å². The lowest BCUT2D eigenvalue weighted by Gasteiger charge is -2.24. The monoisotopic (exact) mass is 357 g/mol. The lowest BCUT2D eigenvalue weighted by molar-refractivity contribution is -0.121. The summed E-state index contributed by atoms with van der Waals surface area (Å²) in [5.74, 6) is -0.877. The van der Waals surface area contributed by atoms with Crippen molar-refractivity contribution in [2.45, 2.75) is 18.4 Å². The first-order chi connectivity index (χ1) is 9.86. The second-order valence-corrected chi connectivity index (χ2v) is 6.21. The van der Waals surface area contributed by atoms with Crippen LogP contribution in [0.2, 0.25) is 0 Å². The van der Waals surface area contributed by atoms with Crippen LogP contribution in [0.4, 0.5) is 20.6 Å². The number of anilines is 2. The second-order valence-electron chi connectivity index (χ2n) is 5.36. The number of carbonyl (C=O) groups is 2. The van der Waals surface area contributed by atoms with Crippen molar-refractivity contribution in [3.8, 4) is 0 Å². The van der Waals surface area contributed by atoms with Crippen LogP contribution in [0.3, 0.4) is 0 Å². The zero-order valence-corrected chi connectivity index (χ0v) is 12.5. The molecule has 21 heavy (non-hydrogen) atoms. The molecule has 1 saturated heterocycles. The van der Waals surface area contributed by atoms with Gasteiger partial charge >= 0.3 is 6.09 Å². The van der Waals surface area contributed by atoms with Crippen LogP contribution in [0, 0.1) is 11.7 Å². The van der Waals surface area contributed by atoms with Crippen molar-refractivity contribution < 1.29 is 19.1 Å². The number of piperidine rings is 1. The summed E-state index contributed by atoms with van der Waals surface area (Å²) in [6.45, 7) is 0.357. The number of rotatable bonds is 2. The lowest BCUT2D eigenvalue weighted by atomic mass is 10.2. The van der Waals surface area contributed by atoms with E-state index in [1.54, 1.807) is 0 Å². The largest absolute Gasteiger partial charge is 0.465 e. The normalized spacial score (nSPS) is 26.4. The number of likely N-dealkylation sites (tertiary alicyclic amines) is 1. The average molecular weight is 358 g/mol. The van der Waals surface area contributed by atoms with Crippen molar-refractivity contribution in [3.05, 3.63) is 22.4 Å². The molecule has 1 saturated carbocycles. The molecule has 1 aliphatic carbocycles.